The molecule has 0 aromatic carbocycles. The van der Waals surface area contributed by atoms with Gasteiger partial charge >= 0.3 is 0 Å². The van der Waals surface area contributed by atoms with Gasteiger partial charge in [-0.15, -0.1) is 24.0 Å². The standard InChI is InChI=1S/C9H11NO2S2/c11-6-1-5(2-6)10-9(12)8-3-7(13)4-14-8/h3-6,11,13H,1-2H2,(H,10,12). The molecule has 1 aliphatic carbocycles. The Bertz CT molecular complexity index is 344. The minimum atomic E-state index is -0.232. The van der Waals surface area contributed by atoms with Crippen molar-refractivity contribution in [2.45, 2.75) is 29.9 Å². The van der Waals surface area contributed by atoms with E-state index in [9.17, 15) is 4.79 Å². The molecule has 5 heteroatoms. The molecular weight excluding hydrogens is 218 g/mol. The van der Waals surface area contributed by atoms with E-state index in [1.54, 1.807) is 6.07 Å². The molecular formula is C9H11NO2S2. The number of amides is 1. The van der Waals surface area contributed by atoms with E-state index in [1.165, 1.54) is 11.3 Å². The highest BCUT2D eigenvalue weighted by Gasteiger charge is 2.28. The van der Waals surface area contributed by atoms with Crippen molar-refractivity contribution in [3.8, 4) is 0 Å². The summed E-state index contributed by atoms with van der Waals surface area (Å²) in [7, 11) is 0. The van der Waals surface area contributed by atoms with Gasteiger partial charge in [0.2, 0.25) is 0 Å². The smallest absolute Gasteiger partial charge is 0.261 e. The maximum absolute atomic E-state index is 11.6. The Morgan fingerprint density at radius 1 is 1.64 bits per heavy atom. The van der Waals surface area contributed by atoms with Crippen LogP contribution >= 0.6 is 24.0 Å². The Labute approximate surface area is 91.6 Å². The van der Waals surface area contributed by atoms with Crippen LogP contribution in [0, 0.1) is 0 Å². The van der Waals surface area contributed by atoms with Crippen LogP contribution in [-0.2, 0) is 0 Å². The van der Waals surface area contributed by atoms with Crippen LogP contribution in [0.1, 0.15) is 22.5 Å². The maximum Gasteiger partial charge on any atom is 0.261 e. The lowest BCUT2D eigenvalue weighted by molar-refractivity contribution is 0.0564. The lowest BCUT2D eigenvalue weighted by atomic mass is 9.89. The van der Waals surface area contributed by atoms with Gasteiger partial charge in [0.05, 0.1) is 11.0 Å². The lowest BCUT2D eigenvalue weighted by Crippen LogP contribution is -2.46. The molecule has 2 N–H and O–H groups in total. The van der Waals surface area contributed by atoms with Crippen LogP contribution in [0.3, 0.4) is 0 Å². The molecule has 1 aromatic rings. The number of thiophene rings is 1. The monoisotopic (exact) mass is 229 g/mol. The zero-order valence-electron chi connectivity index (χ0n) is 7.43. The summed E-state index contributed by atoms with van der Waals surface area (Å²) < 4.78 is 0. The van der Waals surface area contributed by atoms with Crippen molar-refractivity contribution < 1.29 is 9.90 Å². The first-order chi connectivity index (χ1) is 6.65. The molecule has 0 atom stereocenters. The van der Waals surface area contributed by atoms with E-state index in [-0.39, 0.29) is 18.1 Å². The molecule has 1 aromatic heterocycles. The van der Waals surface area contributed by atoms with E-state index in [0.29, 0.717) is 17.7 Å². The Morgan fingerprint density at radius 3 is 2.86 bits per heavy atom. The normalized spacial score (nSPS) is 25.6. The summed E-state index contributed by atoms with van der Waals surface area (Å²) >= 11 is 5.52. The largest absolute Gasteiger partial charge is 0.393 e. The molecule has 0 bridgehead atoms. The number of carbonyl (C=O) groups excluding carboxylic acids is 1. The summed E-state index contributed by atoms with van der Waals surface area (Å²) in [6.07, 6.45) is 1.11. The van der Waals surface area contributed by atoms with Gasteiger partial charge in [-0.05, 0) is 18.9 Å². The van der Waals surface area contributed by atoms with Gasteiger partial charge in [-0.2, -0.15) is 0 Å². The number of aliphatic hydroxyl groups is 1. The number of thiol groups is 1. The number of rotatable bonds is 2. The number of nitrogens with one attached hydrogen (secondary N) is 1. The number of hydrogen-bond acceptors (Lipinski definition) is 4. The van der Waals surface area contributed by atoms with Crippen molar-refractivity contribution in [1.82, 2.24) is 5.32 Å². The summed E-state index contributed by atoms with van der Waals surface area (Å²) in [5.41, 5.74) is 0. The summed E-state index contributed by atoms with van der Waals surface area (Å²) in [4.78, 5) is 13.0. The van der Waals surface area contributed by atoms with Gasteiger partial charge in [0.25, 0.3) is 5.91 Å². The first-order valence-electron chi connectivity index (χ1n) is 4.41. The van der Waals surface area contributed by atoms with E-state index < -0.39 is 0 Å². The summed E-state index contributed by atoms with van der Waals surface area (Å²) in [6.45, 7) is 0. The van der Waals surface area contributed by atoms with Crippen molar-refractivity contribution in [2.75, 3.05) is 0 Å². The zero-order valence-corrected chi connectivity index (χ0v) is 9.15. The average molecular weight is 229 g/mol. The Kier molecular flexibility index (Phi) is 2.80. The van der Waals surface area contributed by atoms with Crippen molar-refractivity contribution in [2.24, 2.45) is 0 Å². The highest BCUT2D eigenvalue weighted by Crippen LogP contribution is 2.22. The van der Waals surface area contributed by atoms with E-state index >= 15 is 0 Å². The summed E-state index contributed by atoms with van der Waals surface area (Å²) in [5.74, 6) is -0.0628. The summed E-state index contributed by atoms with van der Waals surface area (Å²) in [6, 6.07) is 1.89. The number of aliphatic hydroxyl groups excluding tert-OH is 1. The fourth-order valence-electron chi connectivity index (χ4n) is 1.41. The molecule has 1 fully saturated rings. The molecule has 0 spiro atoms. The van der Waals surface area contributed by atoms with Crippen LogP contribution in [0.4, 0.5) is 0 Å². The predicted octanol–water partition coefficient (Wildman–Crippen LogP) is 1.29. The second-order valence-corrected chi connectivity index (χ2v) is 4.89. The average Bonchev–Trinajstić information content (AvgIpc) is 2.49. The SMILES string of the molecule is O=C(NC1CC(O)C1)c1cc(S)cs1. The molecule has 0 aliphatic heterocycles. The molecule has 0 unspecified atom stereocenters. The van der Waals surface area contributed by atoms with Gasteiger partial charge in [0, 0.05) is 16.3 Å². The molecule has 1 saturated carbocycles. The second-order valence-electron chi connectivity index (χ2n) is 3.46. The van der Waals surface area contributed by atoms with Gasteiger partial charge in [-0.25, -0.2) is 0 Å². The first kappa shape index (κ1) is 10.0. The lowest BCUT2D eigenvalue weighted by Gasteiger charge is -2.31. The number of hydrogen-bond donors (Lipinski definition) is 3. The van der Waals surface area contributed by atoms with Crippen LogP contribution in [0.25, 0.3) is 0 Å². The van der Waals surface area contributed by atoms with Crippen molar-refractivity contribution in [3.63, 3.8) is 0 Å². The van der Waals surface area contributed by atoms with Crippen LogP contribution in [0.15, 0.2) is 16.3 Å². The van der Waals surface area contributed by atoms with Gasteiger partial charge in [0.15, 0.2) is 0 Å². The van der Waals surface area contributed by atoms with Gasteiger partial charge in [-0.3, -0.25) is 4.79 Å². The highest BCUT2D eigenvalue weighted by atomic mass is 32.1. The topological polar surface area (TPSA) is 49.3 Å². The minimum absolute atomic E-state index is 0.0628. The summed E-state index contributed by atoms with van der Waals surface area (Å²) in [5, 5.41) is 13.7. The van der Waals surface area contributed by atoms with Gasteiger partial charge < -0.3 is 10.4 Å². The van der Waals surface area contributed by atoms with Crippen LogP contribution in [0.2, 0.25) is 0 Å². The Morgan fingerprint density at radius 2 is 2.36 bits per heavy atom. The third kappa shape index (κ3) is 2.10. The quantitative estimate of drug-likeness (QED) is 0.669. The molecule has 1 heterocycles. The molecule has 0 radical (unpaired) electrons. The van der Waals surface area contributed by atoms with Gasteiger partial charge in [-0.1, -0.05) is 0 Å². The zero-order chi connectivity index (χ0) is 10.1. The third-order valence-electron chi connectivity index (χ3n) is 2.26. The Balaban J connectivity index is 1.90. The van der Waals surface area contributed by atoms with Gasteiger partial charge in [0.1, 0.15) is 0 Å². The highest BCUT2D eigenvalue weighted by molar-refractivity contribution is 7.80. The molecule has 2 rings (SSSR count). The molecule has 14 heavy (non-hydrogen) atoms. The van der Waals surface area contributed by atoms with Crippen molar-refractivity contribution >= 4 is 29.9 Å². The minimum Gasteiger partial charge on any atom is -0.393 e. The molecule has 1 aliphatic rings. The first-order valence-corrected chi connectivity index (χ1v) is 5.74. The molecule has 0 saturated heterocycles. The molecule has 3 nitrogen and oxygen atoms in total. The van der Waals surface area contributed by atoms with Crippen LogP contribution in [-0.4, -0.2) is 23.2 Å². The molecule has 76 valence electrons. The Hall–Kier alpha value is -0.520. The van der Waals surface area contributed by atoms with Crippen molar-refractivity contribution in [3.05, 3.63) is 16.3 Å². The van der Waals surface area contributed by atoms with Crippen LogP contribution < -0.4 is 5.32 Å². The fraction of sp³-hybridized carbons (Fsp3) is 0.444. The number of carbonyl (C=O) groups is 1. The van der Waals surface area contributed by atoms with Crippen molar-refractivity contribution in [1.29, 1.82) is 0 Å². The fourth-order valence-corrected chi connectivity index (χ4v) is 2.46. The second kappa shape index (κ2) is 3.92. The predicted molar refractivity (Wildman–Crippen MR) is 58.1 cm³/mol. The maximum atomic E-state index is 11.6. The van der Waals surface area contributed by atoms with E-state index in [4.69, 9.17) is 5.11 Å². The van der Waals surface area contributed by atoms with Crippen LogP contribution in [0.5, 0.6) is 0 Å². The molecule has 1 amide bonds. The third-order valence-corrected chi connectivity index (χ3v) is 3.62. The van der Waals surface area contributed by atoms with E-state index in [0.717, 1.165) is 4.90 Å². The van der Waals surface area contributed by atoms with E-state index in [2.05, 4.69) is 17.9 Å². The van der Waals surface area contributed by atoms with E-state index in [1.807, 2.05) is 5.38 Å².